The van der Waals surface area contributed by atoms with Gasteiger partial charge in [-0.25, -0.2) is 4.39 Å². The van der Waals surface area contributed by atoms with Crippen LogP contribution >= 0.6 is 15.9 Å². The van der Waals surface area contributed by atoms with E-state index in [1.807, 2.05) is 6.92 Å². The maximum Gasteiger partial charge on any atom is 0.321 e. The molecule has 1 aromatic heterocycles. The van der Waals surface area contributed by atoms with Crippen LogP contribution in [0.2, 0.25) is 0 Å². The zero-order valence-corrected chi connectivity index (χ0v) is 16.8. The van der Waals surface area contributed by atoms with Crippen molar-refractivity contribution in [2.24, 2.45) is 0 Å². The van der Waals surface area contributed by atoms with Gasteiger partial charge in [0.15, 0.2) is 11.6 Å². The van der Waals surface area contributed by atoms with E-state index in [2.05, 4.69) is 38.3 Å². The number of nitrogens with one attached hydrogen (secondary N) is 1. The third kappa shape index (κ3) is 5.90. The number of nitrogens with zero attached hydrogens (tertiary/aromatic N) is 2. The fourth-order valence-electron chi connectivity index (χ4n) is 2.73. The molecule has 0 amide bonds. The van der Waals surface area contributed by atoms with Gasteiger partial charge >= 0.3 is 6.01 Å². The van der Waals surface area contributed by atoms with Crippen molar-refractivity contribution in [3.8, 4) is 0 Å². The Morgan fingerprint density at radius 3 is 2.73 bits per heavy atom. The highest BCUT2D eigenvalue weighted by molar-refractivity contribution is 9.10. The second kappa shape index (κ2) is 10.4. The Kier molecular flexibility index (Phi) is 8.22. The van der Waals surface area contributed by atoms with Gasteiger partial charge in [0.1, 0.15) is 5.82 Å². The Bertz CT molecular complexity index is 700. The highest BCUT2D eigenvalue weighted by Crippen LogP contribution is 2.27. The van der Waals surface area contributed by atoms with Gasteiger partial charge in [0.2, 0.25) is 0 Å². The summed E-state index contributed by atoms with van der Waals surface area (Å²) in [4.78, 5) is 17.3. The fraction of sp³-hybridized carbons (Fsp3) is 0.526. The molecular weight excluding hydrogens is 401 g/mol. The second-order valence-electron chi connectivity index (χ2n) is 6.31. The van der Waals surface area contributed by atoms with Crippen LogP contribution in [0.25, 0.3) is 0 Å². The summed E-state index contributed by atoms with van der Waals surface area (Å²) < 4.78 is 19.4. The van der Waals surface area contributed by atoms with Crippen molar-refractivity contribution in [3.05, 3.63) is 39.9 Å². The summed E-state index contributed by atoms with van der Waals surface area (Å²) >= 11 is 3.24. The molecule has 1 unspecified atom stereocenters. The van der Waals surface area contributed by atoms with Gasteiger partial charge < -0.3 is 9.84 Å². The summed E-state index contributed by atoms with van der Waals surface area (Å²) in [5.41, 5.74) is 0.310. The fourth-order valence-corrected chi connectivity index (χ4v) is 3.20. The van der Waals surface area contributed by atoms with Gasteiger partial charge in [-0.2, -0.15) is 4.98 Å². The monoisotopic (exact) mass is 425 g/mol. The molecule has 0 aliphatic carbocycles. The summed E-state index contributed by atoms with van der Waals surface area (Å²) in [6, 6.07) is 4.52. The van der Waals surface area contributed by atoms with Crippen molar-refractivity contribution in [3.63, 3.8) is 0 Å². The molecule has 1 N–H and O–H groups in total. The minimum Gasteiger partial charge on any atom is -0.338 e. The van der Waals surface area contributed by atoms with Crippen LogP contribution in [0.15, 0.2) is 27.2 Å². The largest absolute Gasteiger partial charge is 0.338 e. The molecule has 2 aromatic rings. The number of hydrogen-bond donors (Lipinski definition) is 1. The van der Waals surface area contributed by atoms with Gasteiger partial charge in [-0.3, -0.25) is 4.79 Å². The van der Waals surface area contributed by atoms with Crippen LogP contribution in [0.3, 0.4) is 0 Å². The van der Waals surface area contributed by atoms with Crippen LogP contribution in [0, 0.1) is 5.82 Å². The molecule has 5 nitrogen and oxygen atoms in total. The van der Waals surface area contributed by atoms with Crippen LogP contribution in [-0.4, -0.2) is 22.5 Å². The lowest BCUT2D eigenvalue weighted by atomic mass is 9.91. The minimum absolute atomic E-state index is 0.190. The first-order valence-electron chi connectivity index (χ1n) is 9.13. The third-order valence-electron chi connectivity index (χ3n) is 4.09. The molecule has 26 heavy (non-hydrogen) atoms. The average Bonchev–Trinajstić information content (AvgIpc) is 3.07. The minimum atomic E-state index is -0.540. The summed E-state index contributed by atoms with van der Waals surface area (Å²) in [6.45, 7) is 4.89. The molecule has 1 heterocycles. The third-order valence-corrected chi connectivity index (χ3v) is 4.55. The van der Waals surface area contributed by atoms with Crippen LogP contribution in [0.4, 0.5) is 10.4 Å². The van der Waals surface area contributed by atoms with E-state index in [0.717, 1.165) is 32.1 Å². The Morgan fingerprint density at radius 1 is 1.23 bits per heavy atom. The van der Waals surface area contributed by atoms with Crippen molar-refractivity contribution in [2.45, 2.75) is 58.3 Å². The van der Waals surface area contributed by atoms with Crippen molar-refractivity contribution < 1.29 is 13.7 Å². The number of halogens is 2. The van der Waals surface area contributed by atoms with E-state index in [-0.39, 0.29) is 5.78 Å². The van der Waals surface area contributed by atoms with Crippen molar-refractivity contribution >= 4 is 27.7 Å². The first-order valence-corrected chi connectivity index (χ1v) is 9.92. The summed E-state index contributed by atoms with van der Waals surface area (Å²) in [7, 11) is 0. The van der Waals surface area contributed by atoms with E-state index in [9.17, 15) is 9.18 Å². The number of benzene rings is 1. The van der Waals surface area contributed by atoms with Crippen LogP contribution in [-0.2, 0) is 0 Å². The number of aromatic nitrogens is 2. The van der Waals surface area contributed by atoms with E-state index >= 15 is 0 Å². The summed E-state index contributed by atoms with van der Waals surface area (Å²) in [5, 5.41) is 7.01. The number of anilines is 1. The lowest BCUT2D eigenvalue weighted by Gasteiger charge is -2.12. The quantitative estimate of drug-likeness (QED) is 0.367. The van der Waals surface area contributed by atoms with Crippen LogP contribution < -0.4 is 5.32 Å². The SMILES string of the molecule is CCCCCCC(C(=O)c1cc(F)cc(Br)c1)c1noc(NCCC)n1. The van der Waals surface area contributed by atoms with Gasteiger partial charge in [-0.1, -0.05) is 60.6 Å². The van der Waals surface area contributed by atoms with Gasteiger partial charge in [0, 0.05) is 16.6 Å². The van der Waals surface area contributed by atoms with Crippen LogP contribution in [0.5, 0.6) is 0 Å². The molecule has 0 spiro atoms. The number of rotatable bonds is 11. The Labute approximate surface area is 161 Å². The van der Waals surface area contributed by atoms with E-state index in [0.29, 0.717) is 34.8 Å². The molecule has 7 heteroatoms. The zero-order valence-electron chi connectivity index (χ0n) is 15.2. The second-order valence-corrected chi connectivity index (χ2v) is 7.22. The zero-order chi connectivity index (χ0) is 18.9. The molecule has 0 bridgehead atoms. The Morgan fingerprint density at radius 2 is 2.04 bits per heavy atom. The number of ketones is 1. The van der Waals surface area contributed by atoms with Gasteiger partial charge in [0.05, 0.1) is 5.92 Å². The Balaban J connectivity index is 2.21. The van der Waals surface area contributed by atoms with E-state index in [1.54, 1.807) is 6.07 Å². The van der Waals surface area contributed by atoms with E-state index in [4.69, 9.17) is 4.52 Å². The van der Waals surface area contributed by atoms with Crippen LogP contribution in [0.1, 0.15) is 74.5 Å². The lowest BCUT2D eigenvalue weighted by Crippen LogP contribution is -2.15. The molecule has 142 valence electrons. The standard InChI is InChI=1S/C19H25BrFN3O2/c1-3-5-6-7-8-16(18-23-19(26-24-18)22-9-4-2)17(25)13-10-14(20)12-15(21)11-13/h10-12,16H,3-9H2,1-2H3,(H,22,23,24). The molecule has 0 saturated heterocycles. The number of Topliss-reactive ketones (excluding diaryl/α,β-unsaturated/α-hetero) is 1. The first-order chi connectivity index (χ1) is 12.5. The lowest BCUT2D eigenvalue weighted by molar-refractivity contribution is 0.0948. The maximum absolute atomic E-state index is 13.7. The molecule has 0 saturated carbocycles. The first kappa shape index (κ1) is 20.6. The predicted molar refractivity (Wildman–Crippen MR) is 103 cm³/mol. The molecule has 1 aromatic carbocycles. The van der Waals surface area contributed by atoms with Gasteiger partial charge in [-0.05, 0) is 31.0 Å². The highest BCUT2D eigenvalue weighted by atomic mass is 79.9. The summed E-state index contributed by atoms with van der Waals surface area (Å²) in [5.74, 6) is -0.831. The Hall–Kier alpha value is -1.76. The molecule has 2 rings (SSSR count). The average molecular weight is 426 g/mol. The van der Waals surface area contributed by atoms with Crippen molar-refractivity contribution in [2.75, 3.05) is 11.9 Å². The van der Waals surface area contributed by atoms with Gasteiger partial charge in [-0.15, -0.1) is 0 Å². The molecule has 0 fully saturated rings. The highest BCUT2D eigenvalue weighted by Gasteiger charge is 2.27. The predicted octanol–water partition coefficient (Wildman–Crippen LogP) is 5.73. The molecule has 0 aliphatic heterocycles. The number of carbonyl (C=O) groups excluding carboxylic acids is 1. The maximum atomic E-state index is 13.7. The molecule has 0 aliphatic rings. The number of hydrogen-bond acceptors (Lipinski definition) is 5. The van der Waals surface area contributed by atoms with E-state index in [1.165, 1.54) is 12.1 Å². The topological polar surface area (TPSA) is 68.0 Å². The normalized spacial score (nSPS) is 12.2. The molecule has 1 atom stereocenters. The molecule has 0 radical (unpaired) electrons. The van der Waals surface area contributed by atoms with Crippen molar-refractivity contribution in [1.29, 1.82) is 0 Å². The number of carbonyl (C=O) groups is 1. The molecular formula is C19H25BrFN3O2. The summed E-state index contributed by atoms with van der Waals surface area (Å²) in [6.07, 6.45) is 5.68. The number of unbranched alkanes of at least 4 members (excludes halogenated alkanes) is 3. The van der Waals surface area contributed by atoms with E-state index < -0.39 is 11.7 Å². The van der Waals surface area contributed by atoms with Crippen molar-refractivity contribution in [1.82, 2.24) is 10.1 Å². The van der Waals surface area contributed by atoms with Gasteiger partial charge in [0.25, 0.3) is 0 Å². The smallest absolute Gasteiger partial charge is 0.321 e.